The van der Waals surface area contributed by atoms with E-state index in [1.165, 1.54) is 25.7 Å². The Morgan fingerprint density at radius 1 is 1.08 bits per heavy atom. The first-order valence-electron chi connectivity index (χ1n) is 9.53. The topological polar surface area (TPSA) is 81.2 Å². The highest BCUT2D eigenvalue weighted by atomic mass is 79.9. The van der Waals surface area contributed by atoms with Crippen molar-refractivity contribution in [2.75, 3.05) is 6.61 Å². The Morgan fingerprint density at radius 3 is 2.19 bits per heavy atom. The van der Waals surface area contributed by atoms with Gasteiger partial charge in [-0.15, -0.1) is 0 Å². The van der Waals surface area contributed by atoms with Gasteiger partial charge in [-0.3, -0.25) is 14.6 Å². The Bertz CT molecular complexity index is 652. The maximum atomic E-state index is 11.7. The zero-order valence-electron chi connectivity index (χ0n) is 15.9. The number of nitrogens with one attached hydrogen (secondary N) is 1. The Morgan fingerprint density at radius 2 is 1.62 bits per heavy atom. The molecule has 1 N–H and O–H groups in total. The van der Waals surface area contributed by atoms with Gasteiger partial charge in [0.25, 0.3) is 5.56 Å². The van der Waals surface area contributed by atoms with E-state index in [0.29, 0.717) is 18.7 Å². The van der Waals surface area contributed by atoms with Gasteiger partial charge < -0.3 is 9.30 Å². The number of alkyl halides is 1. The summed E-state index contributed by atoms with van der Waals surface area (Å²) in [5, 5.41) is 0. The van der Waals surface area contributed by atoms with Gasteiger partial charge in [0.05, 0.1) is 6.61 Å². The van der Waals surface area contributed by atoms with Crippen LogP contribution in [-0.2, 0) is 16.1 Å². The average molecular weight is 431 g/mol. The number of H-pyrrole nitrogens is 1. The monoisotopic (exact) mass is 430 g/mol. The standard InChI is InChI=1S/C19H31BrN2O4/c1-15-14-22(19(25)21-17(15)23)12-10-8-6-4-3-5-7-9-11-13-26-18(24)16(2)20/h14,16H,3-13H2,1-2H3,(H,21,23,25). The molecule has 0 amide bonds. The van der Waals surface area contributed by atoms with Crippen LogP contribution in [-0.4, -0.2) is 27.0 Å². The molecule has 1 aromatic rings. The summed E-state index contributed by atoms with van der Waals surface area (Å²) < 4.78 is 6.69. The van der Waals surface area contributed by atoms with E-state index in [2.05, 4.69) is 20.9 Å². The summed E-state index contributed by atoms with van der Waals surface area (Å²) >= 11 is 3.19. The lowest BCUT2D eigenvalue weighted by Gasteiger charge is -2.07. The smallest absolute Gasteiger partial charge is 0.328 e. The van der Waals surface area contributed by atoms with Crippen molar-refractivity contribution in [3.63, 3.8) is 0 Å². The third kappa shape index (κ3) is 9.36. The van der Waals surface area contributed by atoms with Crippen molar-refractivity contribution < 1.29 is 9.53 Å². The molecule has 6 nitrogen and oxygen atoms in total. The molecule has 1 aromatic heterocycles. The fourth-order valence-corrected chi connectivity index (χ4v) is 2.83. The van der Waals surface area contributed by atoms with Crippen LogP contribution in [0, 0.1) is 6.92 Å². The number of hydrogen-bond donors (Lipinski definition) is 1. The quantitative estimate of drug-likeness (QED) is 0.294. The van der Waals surface area contributed by atoms with Crippen LogP contribution in [0.1, 0.15) is 70.3 Å². The zero-order chi connectivity index (χ0) is 19.4. The summed E-state index contributed by atoms with van der Waals surface area (Å²) in [5.41, 5.74) is -0.0555. The molecule has 0 fully saturated rings. The Kier molecular flexibility index (Phi) is 11.2. The van der Waals surface area contributed by atoms with Crippen LogP contribution in [0.5, 0.6) is 0 Å². The summed E-state index contributed by atoms with van der Waals surface area (Å²) in [6, 6.07) is 0. The molecule has 26 heavy (non-hydrogen) atoms. The molecule has 1 heterocycles. The zero-order valence-corrected chi connectivity index (χ0v) is 17.5. The van der Waals surface area contributed by atoms with E-state index in [1.54, 1.807) is 24.6 Å². The number of esters is 1. The minimum atomic E-state index is -0.322. The molecule has 1 atom stereocenters. The summed E-state index contributed by atoms with van der Waals surface area (Å²) in [6.07, 6.45) is 11.7. The van der Waals surface area contributed by atoms with Gasteiger partial charge in [0.15, 0.2) is 0 Å². The van der Waals surface area contributed by atoms with Crippen molar-refractivity contribution in [3.05, 3.63) is 32.6 Å². The van der Waals surface area contributed by atoms with Crippen LogP contribution in [0.3, 0.4) is 0 Å². The molecule has 0 spiro atoms. The number of ether oxygens (including phenoxy) is 1. The number of unbranched alkanes of at least 4 members (excludes halogenated alkanes) is 8. The fourth-order valence-electron chi connectivity index (χ4n) is 2.69. The molecule has 0 radical (unpaired) electrons. The van der Waals surface area contributed by atoms with Crippen LogP contribution < -0.4 is 11.2 Å². The highest BCUT2D eigenvalue weighted by Gasteiger charge is 2.08. The van der Waals surface area contributed by atoms with Crippen molar-refractivity contribution in [1.82, 2.24) is 9.55 Å². The Hall–Kier alpha value is -1.37. The highest BCUT2D eigenvalue weighted by molar-refractivity contribution is 9.10. The molecule has 0 bridgehead atoms. The number of hydrogen-bond acceptors (Lipinski definition) is 4. The Balaban J connectivity index is 1.95. The van der Waals surface area contributed by atoms with Crippen LogP contribution in [0.2, 0.25) is 0 Å². The third-order valence-electron chi connectivity index (χ3n) is 4.30. The first kappa shape index (κ1) is 22.7. The second-order valence-electron chi connectivity index (χ2n) is 6.73. The molecule has 0 aliphatic rings. The predicted molar refractivity (Wildman–Crippen MR) is 107 cm³/mol. The lowest BCUT2D eigenvalue weighted by molar-refractivity contribution is -0.142. The van der Waals surface area contributed by atoms with E-state index in [4.69, 9.17) is 4.74 Å². The second-order valence-corrected chi connectivity index (χ2v) is 8.10. The highest BCUT2D eigenvalue weighted by Crippen LogP contribution is 2.10. The number of aromatic amines is 1. The molecule has 0 aliphatic carbocycles. The van der Waals surface area contributed by atoms with Gasteiger partial charge in [0.2, 0.25) is 0 Å². The average Bonchev–Trinajstić information content (AvgIpc) is 2.59. The molecule has 1 unspecified atom stereocenters. The van der Waals surface area contributed by atoms with E-state index in [0.717, 1.165) is 32.1 Å². The van der Waals surface area contributed by atoms with Crippen LogP contribution in [0.15, 0.2) is 15.8 Å². The molecule has 0 saturated carbocycles. The molecule has 148 valence electrons. The lowest BCUT2D eigenvalue weighted by atomic mass is 10.1. The van der Waals surface area contributed by atoms with Crippen molar-refractivity contribution in [2.24, 2.45) is 0 Å². The first-order chi connectivity index (χ1) is 12.4. The molecule has 7 heteroatoms. The Labute approximate surface area is 163 Å². The summed E-state index contributed by atoms with van der Waals surface area (Å²) in [6.45, 7) is 4.64. The normalized spacial score (nSPS) is 12.1. The van der Waals surface area contributed by atoms with Crippen molar-refractivity contribution >= 4 is 21.9 Å². The molecular formula is C19H31BrN2O4. The first-order valence-corrected chi connectivity index (χ1v) is 10.4. The second kappa shape index (κ2) is 12.9. The summed E-state index contributed by atoms with van der Waals surface area (Å²) in [7, 11) is 0. The van der Waals surface area contributed by atoms with Crippen LogP contribution in [0.25, 0.3) is 0 Å². The van der Waals surface area contributed by atoms with Gasteiger partial charge in [-0.1, -0.05) is 60.9 Å². The van der Waals surface area contributed by atoms with E-state index in [-0.39, 0.29) is 22.0 Å². The van der Waals surface area contributed by atoms with E-state index >= 15 is 0 Å². The van der Waals surface area contributed by atoms with Crippen molar-refractivity contribution in [3.8, 4) is 0 Å². The van der Waals surface area contributed by atoms with Gasteiger partial charge in [-0.05, 0) is 26.7 Å². The maximum Gasteiger partial charge on any atom is 0.328 e. The SMILES string of the molecule is Cc1cn(CCCCCCCCCCCOC(=O)C(C)Br)c(=O)[nH]c1=O. The number of rotatable bonds is 13. The molecule has 1 rings (SSSR count). The minimum absolute atomic E-state index is 0.190. The van der Waals surface area contributed by atoms with E-state index in [9.17, 15) is 14.4 Å². The lowest BCUT2D eigenvalue weighted by Crippen LogP contribution is -2.30. The number of carbonyl (C=O) groups is 1. The molecule has 0 saturated heterocycles. The summed E-state index contributed by atoms with van der Waals surface area (Å²) in [5.74, 6) is -0.190. The molecular weight excluding hydrogens is 400 g/mol. The van der Waals surface area contributed by atoms with E-state index < -0.39 is 0 Å². The minimum Gasteiger partial charge on any atom is -0.465 e. The van der Waals surface area contributed by atoms with Crippen molar-refractivity contribution in [2.45, 2.75) is 83.0 Å². The van der Waals surface area contributed by atoms with Gasteiger partial charge in [0, 0.05) is 18.3 Å². The van der Waals surface area contributed by atoms with Gasteiger partial charge >= 0.3 is 11.7 Å². The number of aryl methyl sites for hydroxylation is 2. The van der Waals surface area contributed by atoms with Gasteiger partial charge in [-0.25, -0.2) is 4.79 Å². The van der Waals surface area contributed by atoms with Gasteiger partial charge in [0.1, 0.15) is 4.83 Å². The largest absolute Gasteiger partial charge is 0.465 e. The molecule has 0 aliphatic heterocycles. The number of halogens is 1. The number of nitrogens with zero attached hydrogens (tertiary/aromatic N) is 1. The predicted octanol–water partition coefficient (Wildman–Crippen LogP) is 3.68. The molecule has 0 aromatic carbocycles. The van der Waals surface area contributed by atoms with E-state index in [1.807, 2.05) is 0 Å². The number of aromatic nitrogens is 2. The van der Waals surface area contributed by atoms with Crippen LogP contribution in [0.4, 0.5) is 0 Å². The fraction of sp³-hybridized carbons (Fsp3) is 0.737. The third-order valence-corrected chi connectivity index (χ3v) is 4.68. The van der Waals surface area contributed by atoms with Crippen LogP contribution >= 0.6 is 15.9 Å². The van der Waals surface area contributed by atoms with Gasteiger partial charge in [-0.2, -0.15) is 0 Å². The maximum absolute atomic E-state index is 11.7. The summed E-state index contributed by atoms with van der Waals surface area (Å²) in [4.78, 5) is 36.3. The van der Waals surface area contributed by atoms with Crippen molar-refractivity contribution in [1.29, 1.82) is 0 Å². The number of carbonyl (C=O) groups excluding carboxylic acids is 1.